The maximum absolute atomic E-state index is 13.3. The van der Waals surface area contributed by atoms with Crippen LogP contribution < -0.4 is 5.01 Å². The van der Waals surface area contributed by atoms with Crippen LogP contribution in [0.3, 0.4) is 0 Å². The Hall–Kier alpha value is -2.90. The minimum atomic E-state index is -0.627. The van der Waals surface area contributed by atoms with Crippen molar-refractivity contribution in [1.29, 1.82) is 0 Å². The molecule has 0 aliphatic carbocycles. The van der Waals surface area contributed by atoms with Crippen LogP contribution in [-0.4, -0.2) is 60.3 Å². The first-order chi connectivity index (χ1) is 13.5. The molecule has 0 unspecified atom stereocenters. The van der Waals surface area contributed by atoms with Crippen molar-refractivity contribution in [2.75, 3.05) is 24.7 Å². The summed E-state index contributed by atoms with van der Waals surface area (Å²) in [6, 6.07) is 8.64. The second kappa shape index (κ2) is 8.86. The van der Waals surface area contributed by atoms with Crippen molar-refractivity contribution in [1.82, 2.24) is 4.90 Å². The minimum absolute atomic E-state index is 0.135. The Balaban J connectivity index is 1.79. The van der Waals surface area contributed by atoms with Gasteiger partial charge < -0.3 is 14.4 Å². The van der Waals surface area contributed by atoms with Crippen LogP contribution in [0.15, 0.2) is 35.4 Å². The number of nitrogens with zero attached hydrogens (tertiary/aromatic N) is 3. The van der Waals surface area contributed by atoms with Crippen molar-refractivity contribution in [2.24, 2.45) is 5.10 Å². The fraction of sp³-hybridized carbons (Fsp3) is 0.500. The van der Waals surface area contributed by atoms with Crippen LogP contribution in [0.2, 0.25) is 0 Å². The summed E-state index contributed by atoms with van der Waals surface area (Å²) < 4.78 is 10.4. The highest BCUT2D eigenvalue weighted by Gasteiger charge is 2.40. The third kappa shape index (κ3) is 4.49. The molecule has 2 atom stereocenters. The third-order valence-corrected chi connectivity index (χ3v) is 4.75. The van der Waals surface area contributed by atoms with Gasteiger partial charge in [0.1, 0.15) is 17.9 Å². The van der Waals surface area contributed by atoms with Crippen molar-refractivity contribution in [3.8, 4) is 0 Å². The highest BCUT2D eigenvalue weighted by molar-refractivity contribution is 6.38. The number of hydrogen-bond donors (Lipinski definition) is 0. The summed E-state index contributed by atoms with van der Waals surface area (Å²) in [5.74, 6) is -0.988. The van der Waals surface area contributed by atoms with Gasteiger partial charge in [-0.3, -0.25) is 14.6 Å². The molecule has 0 spiro atoms. The molecule has 1 amide bonds. The molecule has 0 aromatic heterocycles. The van der Waals surface area contributed by atoms with Crippen molar-refractivity contribution in [2.45, 2.75) is 45.3 Å². The number of ether oxygens (including phenoxy) is 2. The minimum Gasteiger partial charge on any atom is -0.461 e. The number of piperidine rings is 1. The first kappa shape index (κ1) is 19.9. The Morgan fingerprint density at radius 1 is 1.21 bits per heavy atom. The Labute approximate surface area is 164 Å². The summed E-state index contributed by atoms with van der Waals surface area (Å²) >= 11 is 0. The summed E-state index contributed by atoms with van der Waals surface area (Å²) in [4.78, 5) is 38.4. The summed E-state index contributed by atoms with van der Waals surface area (Å²) in [6.45, 7) is 4.29. The molecule has 1 aromatic carbocycles. The molecule has 2 aliphatic heterocycles. The molecule has 3 rings (SSSR count). The molecule has 150 valence electrons. The molecule has 0 bridgehead atoms. The SMILES string of the molecule is CCOC(=O)C1=NN(c2ccccc2)[C@H](C(=O)N2CCC[C@H](OC(C)=O)C2)C1. The summed E-state index contributed by atoms with van der Waals surface area (Å²) in [7, 11) is 0. The normalized spacial score (nSPS) is 21.9. The lowest BCUT2D eigenvalue weighted by Gasteiger charge is -2.35. The Bertz CT molecular complexity index is 764. The molecule has 2 heterocycles. The van der Waals surface area contributed by atoms with Gasteiger partial charge in [0.05, 0.1) is 18.8 Å². The number of para-hydroxylation sites is 1. The lowest BCUT2D eigenvalue weighted by atomic mass is 10.0. The van der Waals surface area contributed by atoms with Crippen LogP contribution in [0.1, 0.15) is 33.1 Å². The maximum atomic E-state index is 13.3. The van der Waals surface area contributed by atoms with Crippen LogP contribution in [0.4, 0.5) is 5.69 Å². The van der Waals surface area contributed by atoms with Gasteiger partial charge in [0.2, 0.25) is 5.91 Å². The maximum Gasteiger partial charge on any atom is 0.354 e. The number of hydrazone groups is 1. The van der Waals surface area contributed by atoms with E-state index in [-0.39, 0.29) is 36.7 Å². The summed E-state index contributed by atoms with van der Waals surface area (Å²) in [5, 5.41) is 5.97. The number of rotatable bonds is 5. The van der Waals surface area contributed by atoms with E-state index in [9.17, 15) is 14.4 Å². The Kier molecular flexibility index (Phi) is 6.28. The lowest BCUT2D eigenvalue weighted by molar-refractivity contribution is -0.152. The van der Waals surface area contributed by atoms with Crippen molar-refractivity contribution in [3.63, 3.8) is 0 Å². The second-order valence-corrected chi connectivity index (χ2v) is 6.83. The number of carbonyl (C=O) groups excluding carboxylic acids is 3. The second-order valence-electron chi connectivity index (χ2n) is 6.83. The molecular weight excluding hydrogens is 362 g/mol. The highest BCUT2D eigenvalue weighted by atomic mass is 16.5. The highest BCUT2D eigenvalue weighted by Crippen LogP contribution is 2.27. The number of benzene rings is 1. The van der Waals surface area contributed by atoms with Gasteiger partial charge in [0, 0.05) is 19.9 Å². The average molecular weight is 387 g/mol. The fourth-order valence-electron chi connectivity index (χ4n) is 3.54. The molecule has 28 heavy (non-hydrogen) atoms. The van der Waals surface area contributed by atoms with Crippen LogP contribution in [-0.2, 0) is 23.9 Å². The van der Waals surface area contributed by atoms with Crippen molar-refractivity contribution < 1.29 is 23.9 Å². The van der Waals surface area contributed by atoms with Gasteiger partial charge in [0.25, 0.3) is 0 Å². The largest absolute Gasteiger partial charge is 0.461 e. The lowest BCUT2D eigenvalue weighted by Crippen LogP contribution is -2.50. The number of likely N-dealkylation sites (tertiary alicyclic amines) is 1. The quantitative estimate of drug-likeness (QED) is 0.715. The van der Waals surface area contributed by atoms with Crippen LogP contribution in [0.25, 0.3) is 0 Å². The Morgan fingerprint density at radius 2 is 1.96 bits per heavy atom. The first-order valence-electron chi connectivity index (χ1n) is 9.54. The monoisotopic (exact) mass is 387 g/mol. The fourth-order valence-corrected chi connectivity index (χ4v) is 3.54. The van der Waals surface area contributed by atoms with E-state index >= 15 is 0 Å². The van der Waals surface area contributed by atoms with E-state index in [0.717, 1.165) is 18.5 Å². The van der Waals surface area contributed by atoms with E-state index in [0.29, 0.717) is 13.1 Å². The standard InChI is InChI=1S/C20H25N3O5/c1-3-27-20(26)17-12-18(23(21-17)15-8-5-4-6-9-15)19(25)22-11-7-10-16(13-22)28-14(2)24/h4-6,8-9,16,18H,3,7,10-13H2,1-2H3/t16-,18-/m0/s1. The van der Waals surface area contributed by atoms with Gasteiger partial charge in [0.15, 0.2) is 0 Å². The van der Waals surface area contributed by atoms with Crippen molar-refractivity contribution in [3.05, 3.63) is 30.3 Å². The van der Waals surface area contributed by atoms with E-state index in [2.05, 4.69) is 5.10 Å². The van der Waals surface area contributed by atoms with Crippen molar-refractivity contribution >= 4 is 29.2 Å². The predicted molar refractivity (Wildman–Crippen MR) is 103 cm³/mol. The van der Waals surface area contributed by atoms with Crippen LogP contribution in [0.5, 0.6) is 0 Å². The molecule has 8 heteroatoms. The summed E-state index contributed by atoms with van der Waals surface area (Å²) in [5.41, 5.74) is 0.964. The van der Waals surface area contributed by atoms with Gasteiger partial charge in [-0.1, -0.05) is 18.2 Å². The van der Waals surface area contributed by atoms with Crippen LogP contribution >= 0.6 is 0 Å². The molecule has 1 aromatic rings. The number of hydrogen-bond acceptors (Lipinski definition) is 7. The smallest absolute Gasteiger partial charge is 0.354 e. The zero-order chi connectivity index (χ0) is 20.1. The molecule has 1 saturated heterocycles. The Morgan fingerprint density at radius 3 is 2.64 bits per heavy atom. The first-order valence-corrected chi connectivity index (χ1v) is 9.54. The van der Waals surface area contributed by atoms with Gasteiger partial charge in [-0.25, -0.2) is 4.79 Å². The molecule has 0 saturated carbocycles. The van der Waals surface area contributed by atoms with Crippen LogP contribution in [0, 0.1) is 0 Å². The average Bonchev–Trinajstić information content (AvgIpc) is 3.13. The molecule has 0 N–H and O–H groups in total. The molecular formula is C20H25N3O5. The molecule has 1 fully saturated rings. The topological polar surface area (TPSA) is 88.5 Å². The summed E-state index contributed by atoms with van der Waals surface area (Å²) in [6.07, 6.45) is 1.38. The van der Waals surface area contributed by atoms with E-state index in [4.69, 9.17) is 9.47 Å². The zero-order valence-corrected chi connectivity index (χ0v) is 16.2. The van der Waals surface area contributed by atoms with E-state index in [1.165, 1.54) is 6.92 Å². The third-order valence-electron chi connectivity index (χ3n) is 4.75. The molecule has 8 nitrogen and oxygen atoms in total. The van der Waals surface area contributed by atoms with Gasteiger partial charge in [-0.15, -0.1) is 0 Å². The molecule has 2 aliphatic rings. The van der Waals surface area contributed by atoms with Gasteiger partial charge in [-0.2, -0.15) is 5.10 Å². The predicted octanol–water partition coefficient (Wildman–Crippen LogP) is 1.74. The van der Waals surface area contributed by atoms with E-state index < -0.39 is 12.0 Å². The van der Waals surface area contributed by atoms with Gasteiger partial charge in [-0.05, 0) is 31.9 Å². The zero-order valence-electron chi connectivity index (χ0n) is 16.2. The number of anilines is 1. The molecule has 0 radical (unpaired) electrons. The van der Waals surface area contributed by atoms with E-state index in [1.54, 1.807) is 16.8 Å². The van der Waals surface area contributed by atoms with Gasteiger partial charge >= 0.3 is 11.9 Å². The number of carbonyl (C=O) groups is 3. The number of amides is 1. The van der Waals surface area contributed by atoms with E-state index in [1.807, 2.05) is 30.3 Å². The number of esters is 2.